The summed E-state index contributed by atoms with van der Waals surface area (Å²) in [5.74, 6) is 0. The lowest BCUT2D eigenvalue weighted by molar-refractivity contribution is 0.240. The summed E-state index contributed by atoms with van der Waals surface area (Å²) in [6.07, 6.45) is 3.45. The van der Waals surface area contributed by atoms with Gasteiger partial charge in [0.2, 0.25) is 0 Å². The molecule has 3 nitrogen and oxygen atoms in total. The summed E-state index contributed by atoms with van der Waals surface area (Å²) < 4.78 is 1.16. The average molecular weight is 316 g/mol. The Kier molecular flexibility index (Phi) is 3.45. The highest BCUT2D eigenvalue weighted by atomic mass is 127. The van der Waals surface area contributed by atoms with Crippen LogP contribution in [0.2, 0.25) is 0 Å². The third kappa shape index (κ3) is 3.09. The fourth-order valence-electron chi connectivity index (χ4n) is 1.44. The van der Waals surface area contributed by atoms with Crippen molar-refractivity contribution in [1.29, 1.82) is 0 Å². The largest absolute Gasteiger partial charge is 0.335 e. The Labute approximate surface area is 103 Å². The highest BCUT2D eigenvalue weighted by Crippen LogP contribution is 2.18. The molecule has 2 N–H and O–H groups in total. The van der Waals surface area contributed by atoms with Crippen LogP contribution < -0.4 is 10.6 Å². The molecule has 15 heavy (non-hydrogen) atoms. The van der Waals surface area contributed by atoms with Crippen molar-refractivity contribution in [1.82, 2.24) is 5.32 Å². The number of rotatable bonds is 2. The second-order valence-electron chi connectivity index (χ2n) is 3.73. The normalized spacial score (nSPS) is 15.5. The molecule has 0 aliphatic heterocycles. The average Bonchev–Trinajstić information content (AvgIpc) is 2.16. The first-order valence-electron chi connectivity index (χ1n) is 5.07. The van der Waals surface area contributed by atoms with Gasteiger partial charge in [-0.15, -0.1) is 0 Å². The fourth-order valence-corrected chi connectivity index (χ4v) is 1.80. The Bertz CT molecular complexity index is 346. The summed E-state index contributed by atoms with van der Waals surface area (Å²) in [5.41, 5.74) is 0.840. The minimum atomic E-state index is -0.0964. The van der Waals surface area contributed by atoms with Gasteiger partial charge in [-0.2, -0.15) is 0 Å². The summed E-state index contributed by atoms with van der Waals surface area (Å²) in [6.45, 7) is 0. The second-order valence-corrected chi connectivity index (χ2v) is 4.98. The molecule has 1 aromatic carbocycles. The molecule has 1 fully saturated rings. The predicted molar refractivity (Wildman–Crippen MR) is 69.0 cm³/mol. The molecule has 0 unspecified atom stereocenters. The molecule has 80 valence electrons. The SMILES string of the molecule is O=C(Nc1ccc(I)cc1)NC1CCC1. The molecule has 1 aromatic rings. The Balaban J connectivity index is 1.84. The van der Waals surface area contributed by atoms with Gasteiger partial charge in [-0.1, -0.05) is 0 Å². The maximum atomic E-state index is 11.5. The molecule has 0 atom stereocenters. The van der Waals surface area contributed by atoms with E-state index in [2.05, 4.69) is 33.2 Å². The molecule has 1 saturated carbocycles. The summed E-state index contributed by atoms with van der Waals surface area (Å²) in [4.78, 5) is 11.5. The number of benzene rings is 1. The smallest absolute Gasteiger partial charge is 0.319 e. The molecular weight excluding hydrogens is 303 g/mol. The molecule has 2 amide bonds. The molecular formula is C11H13IN2O. The summed E-state index contributed by atoms with van der Waals surface area (Å²) >= 11 is 2.24. The third-order valence-electron chi connectivity index (χ3n) is 2.54. The van der Waals surface area contributed by atoms with E-state index in [1.807, 2.05) is 24.3 Å². The van der Waals surface area contributed by atoms with Gasteiger partial charge in [-0.25, -0.2) is 4.79 Å². The molecule has 0 radical (unpaired) electrons. The summed E-state index contributed by atoms with van der Waals surface area (Å²) in [7, 11) is 0. The van der Waals surface area contributed by atoms with Crippen molar-refractivity contribution in [2.24, 2.45) is 0 Å². The molecule has 0 spiro atoms. The van der Waals surface area contributed by atoms with Crippen molar-refractivity contribution >= 4 is 34.3 Å². The zero-order chi connectivity index (χ0) is 10.7. The molecule has 0 saturated heterocycles. The minimum Gasteiger partial charge on any atom is -0.335 e. The first kappa shape index (κ1) is 10.7. The maximum absolute atomic E-state index is 11.5. The first-order valence-corrected chi connectivity index (χ1v) is 6.15. The van der Waals surface area contributed by atoms with E-state index in [1.165, 1.54) is 6.42 Å². The highest BCUT2D eigenvalue weighted by Gasteiger charge is 2.18. The molecule has 4 heteroatoms. The number of hydrogen-bond acceptors (Lipinski definition) is 1. The Morgan fingerprint density at radius 1 is 1.27 bits per heavy atom. The lowest BCUT2D eigenvalue weighted by Gasteiger charge is -2.26. The summed E-state index contributed by atoms with van der Waals surface area (Å²) in [6, 6.07) is 8.04. The number of nitrogens with one attached hydrogen (secondary N) is 2. The van der Waals surface area contributed by atoms with Crippen molar-refractivity contribution in [2.75, 3.05) is 5.32 Å². The van der Waals surface area contributed by atoms with E-state index < -0.39 is 0 Å². The number of halogens is 1. The number of anilines is 1. The van der Waals surface area contributed by atoms with Crippen molar-refractivity contribution in [3.05, 3.63) is 27.8 Å². The van der Waals surface area contributed by atoms with Crippen molar-refractivity contribution in [2.45, 2.75) is 25.3 Å². The van der Waals surface area contributed by atoms with Crippen LogP contribution in [0.3, 0.4) is 0 Å². The van der Waals surface area contributed by atoms with Crippen LogP contribution in [0.15, 0.2) is 24.3 Å². The van der Waals surface area contributed by atoms with Crippen molar-refractivity contribution < 1.29 is 4.79 Å². The number of hydrogen-bond donors (Lipinski definition) is 2. The van der Waals surface area contributed by atoms with E-state index >= 15 is 0 Å². The van der Waals surface area contributed by atoms with Crippen LogP contribution in [0, 0.1) is 3.57 Å². The number of urea groups is 1. The van der Waals surface area contributed by atoms with Gasteiger partial charge < -0.3 is 10.6 Å². The lowest BCUT2D eigenvalue weighted by Crippen LogP contribution is -2.41. The van der Waals surface area contributed by atoms with Crippen molar-refractivity contribution in [3.63, 3.8) is 0 Å². The summed E-state index contributed by atoms with van der Waals surface area (Å²) in [5, 5.41) is 5.74. The fraction of sp³-hybridized carbons (Fsp3) is 0.364. The van der Waals surface area contributed by atoms with Gasteiger partial charge in [-0.3, -0.25) is 0 Å². The lowest BCUT2D eigenvalue weighted by atomic mass is 9.93. The Morgan fingerprint density at radius 2 is 1.93 bits per heavy atom. The van der Waals surface area contributed by atoms with Crippen LogP contribution in [0.25, 0.3) is 0 Å². The van der Waals surface area contributed by atoms with Crippen LogP contribution >= 0.6 is 22.6 Å². The molecule has 1 aliphatic rings. The monoisotopic (exact) mass is 316 g/mol. The predicted octanol–water partition coefficient (Wildman–Crippen LogP) is 2.97. The van der Waals surface area contributed by atoms with Gasteiger partial charge in [0.1, 0.15) is 0 Å². The van der Waals surface area contributed by atoms with Crippen LogP contribution in [0.5, 0.6) is 0 Å². The van der Waals surface area contributed by atoms with E-state index in [0.717, 1.165) is 22.1 Å². The minimum absolute atomic E-state index is 0.0964. The van der Waals surface area contributed by atoms with E-state index in [-0.39, 0.29) is 6.03 Å². The van der Waals surface area contributed by atoms with Crippen LogP contribution in [0.4, 0.5) is 10.5 Å². The second kappa shape index (κ2) is 4.83. The van der Waals surface area contributed by atoms with E-state index in [1.54, 1.807) is 0 Å². The maximum Gasteiger partial charge on any atom is 0.319 e. The van der Waals surface area contributed by atoms with Gasteiger partial charge in [-0.05, 0) is 66.1 Å². The van der Waals surface area contributed by atoms with E-state index in [4.69, 9.17) is 0 Å². The Hall–Kier alpha value is -0.780. The number of carbonyl (C=O) groups is 1. The zero-order valence-electron chi connectivity index (χ0n) is 8.29. The van der Waals surface area contributed by atoms with Crippen LogP contribution in [-0.2, 0) is 0 Å². The highest BCUT2D eigenvalue weighted by molar-refractivity contribution is 14.1. The zero-order valence-corrected chi connectivity index (χ0v) is 10.5. The van der Waals surface area contributed by atoms with E-state index in [9.17, 15) is 4.79 Å². The molecule has 0 bridgehead atoms. The van der Waals surface area contributed by atoms with Crippen LogP contribution in [-0.4, -0.2) is 12.1 Å². The van der Waals surface area contributed by atoms with E-state index in [0.29, 0.717) is 6.04 Å². The van der Waals surface area contributed by atoms with Crippen LogP contribution in [0.1, 0.15) is 19.3 Å². The Morgan fingerprint density at radius 3 is 2.47 bits per heavy atom. The van der Waals surface area contributed by atoms with Gasteiger partial charge in [0, 0.05) is 15.3 Å². The third-order valence-corrected chi connectivity index (χ3v) is 3.26. The van der Waals surface area contributed by atoms with Gasteiger partial charge >= 0.3 is 6.03 Å². The first-order chi connectivity index (χ1) is 7.24. The number of amides is 2. The molecule has 1 aliphatic carbocycles. The quantitative estimate of drug-likeness (QED) is 0.809. The van der Waals surface area contributed by atoms with Gasteiger partial charge in [0.15, 0.2) is 0 Å². The molecule has 0 aromatic heterocycles. The van der Waals surface area contributed by atoms with Gasteiger partial charge in [0.25, 0.3) is 0 Å². The molecule has 0 heterocycles. The standard InChI is InChI=1S/C11H13IN2O/c12-8-4-6-10(7-5-8)14-11(15)13-9-2-1-3-9/h4-7,9H,1-3H2,(H2,13,14,15). The number of carbonyl (C=O) groups excluding carboxylic acids is 1. The topological polar surface area (TPSA) is 41.1 Å². The van der Waals surface area contributed by atoms with Gasteiger partial charge in [0.05, 0.1) is 0 Å². The van der Waals surface area contributed by atoms with Crippen molar-refractivity contribution in [3.8, 4) is 0 Å². The molecule has 2 rings (SSSR count).